The molecule has 0 saturated carbocycles. The van der Waals surface area contributed by atoms with Crippen molar-refractivity contribution in [1.29, 1.82) is 5.41 Å². The van der Waals surface area contributed by atoms with Crippen molar-refractivity contribution < 1.29 is 13.9 Å². The van der Waals surface area contributed by atoms with Crippen molar-refractivity contribution in [3.63, 3.8) is 0 Å². The highest BCUT2D eigenvalue weighted by molar-refractivity contribution is 6.06. The first-order valence-electron chi connectivity index (χ1n) is 7.53. The lowest BCUT2D eigenvalue weighted by Crippen LogP contribution is -2.10. The number of hydrogen-bond donors (Lipinski definition) is 3. The molecule has 0 atom stereocenters. The first-order chi connectivity index (χ1) is 11.7. The SMILES string of the molecule is COc1ncc(N/C(=C2/CCOCCC2=N)c2cn[nH]c2)cc1F. The molecule has 1 fully saturated rings. The lowest BCUT2D eigenvalue weighted by atomic mass is 10.00. The molecule has 1 saturated heterocycles. The molecule has 24 heavy (non-hydrogen) atoms. The van der Waals surface area contributed by atoms with Gasteiger partial charge in [-0.25, -0.2) is 9.37 Å². The van der Waals surface area contributed by atoms with E-state index >= 15 is 0 Å². The number of anilines is 1. The minimum Gasteiger partial charge on any atom is -0.479 e. The van der Waals surface area contributed by atoms with Crippen LogP contribution >= 0.6 is 0 Å². The minimum atomic E-state index is -0.557. The van der Waals surface area contributed by atoms with E-state index in [9.17, 15) is 4.39 Å². The highest BCUT2D eigenvalue weighted by Crippen LogP contribution is 2.27. The molecule has 0 bridgehead atoms. The third-order valence-corrected chi connectivity index (χ3v) is 3.72. The summed E-state index contributed by atoms with van der Waals surface area (Å²) in [5.74, 6) is -0.619. The van der Waals surface area contributed by atoms with Crippen molar-refractivity contribution in [1.82, 2.24) is 15.2 Å². The summed E-state index contributed by atoms with van der Waals surface area (Å²) in [4.78, 5) is 3.93. The van der Waals surface area contributed by atoms with Gasteiger partial charge in [-0.1, -0.05) is 0 Å². The second kappa shape index (κ2) is 7.22. The average Bonchev–Trinajstić information content (AvgIpc) is 3.02. The third-order valence-electron chi connectivity index (χ3n) is 3.72. The fourth-order valence-corrected chi connectivity index (χ4v) is 2.53. The van der Waals surface area contributed by atoms with Crippen LogP contribution in [0.3, 0.4) is 0 Å². The van der Waals surface area contributed by atoms with Gasteiger partial charge in [0.25, 0.3) is 0 Å². The van der Waals surface area contributed by atoms with Gasteiger partial charge in [-0.05, 0) is 12.0 Å². The van der Waals surface area contributed by atoms with Crippen LogP contribution < -0.4 is 10.1 Å². The van der Waals surface area contributed by atoms with Gasteiger partial charge >= 0.3 is 0 Å². The molecule has 0 unspecified atom stereocenters. The van der Waals surface area contributed by atoms with Gasteiger partial charge < -0.3 is 20.2 Å². The number of nitrogens with zero attached hydrogens (tertiary/aromatic N) is 2. The van der Waals surface area contributed by atoms with Gasteiger partial charge in [-0.15, -0.1) is 0 Å². The summed E-state index contributed by atoms with van der Waals surface area (Å²) >= 11 is 0. The van der Waals surface area contributed by atoms with Gasteiger partial charge in [-0.2, -0.15) is 5.10 Å². The maximum atomic E-state index is 13.9. The molecule has 0 spiro atoms. The summed E-state index contributed by atoms with van der Waals surface area (Å²) in [6.07, 6.45) is 5.99. The summed E-state index contributed by atoms with van der Waals surface area (Å²) < 4.78 is 24.2. The van der Waals surface area contributed by atoms with E-state index in [-0.39, 0.29) is 5.88 Å². The summed E-state index contributed by atoms with van der Waals surface area (Å²) in [6, 6.07) is 1.31. The predicted octanol–water partition coefficient (Wildman–Crippen LogP) is 2.61. The molecule has 3 rings (SSSR count). The summed E-state index contributed by atoms with van der Waals surface area (Å²) in [6.45, 7) is 1.07. The van der Waals surface area contributed by atoms with Crippen LogP contribution in [0.15, 0.2) is 30.2 Å². The second-order valence-corrected chi connectivity index (χ2v) is 5.27. The molecule has 1 aliphatic rings. The first kappa shape index (κ1) is 16.1. The number of aromatic nitrogens is 3. The monoisotopic (exact) mass is 331 g/mol. The van der Waals surface area contributed by atoms with Gasteiger partial charge in [0.15, 0.2) is 5.82 Å². The standard InChI is InChI=1S/C16H18FN5O2/c1-23-16-13(17)6-11(9-19-16)22-15(10-7-20-21-8-10)12-2-4-24-5-3-14(12)18/h6-9,18,22H,2-5H2,1H3,(H,20,21)/b15-12-,18-14?. The lowest BCUT2D eigenvalue weighted by molar-refractivity contribution is 0.150. The lowest BCUT2D eigenvalue weighted by Gasteiger charge is -2.16. The van der Waals surface area contributed by atoms with E-state index in [1.165, 1.54) is 19.4 Å². The Morgan fingerprint density at radius 2 is 2.21 bits per heavy atom. The van der Waals surface area contributed by atoms with Crippen LogP contribution in [0.2, 0.25) is 0 Å². The van der Waals surface area contributed by atoms with Gasteiger partial charge in [0, 0.05) is 30.0 Å². The van der Waals surface area contributed by atoms with Gasteiger partial charge in [0.2, 0.25) is 5.88 Å². The van der Waals surface area contributed by atoms with Crippen LogP contribution in [0, 0.1) is 11.2 Å². The first-order valence-corrected chi connectivity index (χ1v) is 7.53. The van der Waals surface area contributed by atoms with Crippen LogP contribution in [0.1, 0.15) is 18.4 Å². The van der Waals surface area contributed by atoms with E-state index in [0.717, 1.165) is 11.1 Å². The molecule has 0 amide bonds. The molecule has 126 valence electrons. The Morgan fingerprint density at radius 1 is 1.38 bits per heavy atom. The number of nitrogens with one attached hydrogen (secondary N) is 3. The molecular formula is C16H18FN5O2. The number of hydrogen-bond acceptors (Lipinski definition) is 6. The van der Waals surface area contributed by atoms with Crippen molar-refractivity contribution >= 4 is 17.1 Å². The molecule has 3 N–H and O–H groups in total. The van der Waals surface area contributed by atoms with Crippen LogP contribution in [-0.4, -0.2) is 41.2 Å². The Labute approximate surface area is 138 Å². The maximum absolute atomic E-state index is 13.9. The van der Waals surface area contributed by atoms with Crippen LogP contribution in [0.4, 0.5) is 10.1 Å². The third kappa shape index (κ3) is 3.43. The maximum Gasteiger partial charge on any atom is 0.250 e. The molecule has 8 heteroatoms. The van der Waals surface area contributed by atoms with E-state index in [1.807, 2.05) is 0 Å². The Morgan fingerprint density at radius 3 is 2.92 bits per heavy atom. The van der Waals surface area contributed by atoms with E-state index in [1.54, 1.807) is 12.4 Å². The van der Waals surface area contributed by atoms with Gasteiger partial charge in [-0.3, -0.25) is 5.10 Å². The summed E-state index contributed by atoms with van der Waals surface area (Å²) in [5, 5.41) is 18.2. The molecule has 2 aromatic rings. The highest BCUT2D eigenvalue weighted by Gasteiger charge is 2.18. The number of methoxy groups -OCH3 is 1. The molecule has 3 heterocycles. The van der Waals surface area contributed by atoms with Crippen LogP contribution in [-0.2, 0) is 4.74 Å². The topological polar surface area (TPSA) is 95.9 Å². The second-order valence-electron chi connectivity index (χ2n) is 5.27. The molecule has 0 radical (unpaired) electrons. The quantitative estimate of drug-likeness (QED) is 0.800. The van der Waals surface area contributed by atoms with Crippen LogP contribution in [0.5, 0.6) is 5.88 Å². The number of H-pyrrole nitrogens is 1. The Hall–Kier alpha value is -2.74. The normalized spacial score (nSPS) is 17.3. The number of aromatic amines is 1. The van der Waals surface area contributed by atoms with Crippen molar-refractivity contribution in [2.75, 3.05) is 25.6 Å². The van der Waals surface area contributed by atoms with Gasteiger partial charge in [0.1, 0.15) is 0 Å². The van der Waals surface area contributed by atoms with Crippen molar-refractivity contribution in [3.8, 4) is 5.88 Å². The number of rotatable bonds is 4. The van der Waals surface area contributed by atoms with Crippen molar-refractivity contribution in [2.45, 2.75) is 12.8 Å². The zero-order chi connectivity index (χ0) is 16.9. The molecular weight excluding hydrogens is 313 g/mol. The fourth-order valence-electron chi connectivity index (χ4n) is 2.53. The Kier molecular flexibility index (Phi) is 4.85. The molecule has 2 aromatic heterocycles. The van der Waals surface area contributed by atoms with E-state index in [0.29, 0.717) is 43.2 Å². The van der Waals surface area contributed by atoms with Crippen LogP contribution in [0.25, 0.3) is 5.70 Å². The smallest absolute Gasteiger partial charge is 0.250 e. The number of halogens is 1. The Bertz CT molecular complexity index is 758. The predicted molar refractivity (Wildman–Crippen MR) is 87.7 cm³/mol. The molecule has 0 aliphatic carbocycles. The van der Waals surface area contributed by atoms with E-state index in [2.05, 4.69) is 20.5 Å². The van der Waals surface area contributed by atoms with E-state index in [4.69, 9.17) is 14.9 Å². The zero-order valence-corrected chi connectivity index (χ0v) is 13.2. The molecule has 7 nitrogen and oxygen atoms in total. The number of ether oxygens (including phenoxy) is 2. The molecule has 1 aliphatic heterocycles. The summed E-state index contributed by atoms with van der Waals surface area (Å²) in [5.41, 5.74) is 3.27. The molecule has 0 aromatic carbocycles. The van der Waals surface area contributed by atoms with Gasteiger partial charge in [0.05, 0.1) is 44.1 Å². The average molecular weight is 331 g/mol. The Balaban J connectivity index is 2.00. The van der Waals surface area contributed by atoms with E-state index < -0.39 is 5.82 Å². The largest absolute Gasteiger partial charge is 0.479 e. The fraction of sp³-hybridized carbons (Fsp3) is 0.312. The zero-order valence-electron chi connectivity index (χ0n) is 13.2. The highest BCUT2D eigenvalue weighted by atomic mass is 19.1. The number of pyridine rings is 1. The summed E-state index contributed by atoms with van der Waals surface area (Å²) in [7, 11) is 1.37. The minimum absolute atomic E-state index is 0.0614. The van der Waals surface area contributed by atoms with Crippen molar-refractivity contribution in [3.05, 3.63) is 41.6 Å². The van der Waals surface area contributed by atoms with Crippen molar-refractivity contribution in [2.24, 2.45) is 0 Å².